The second-order valence-corrected chi connectivity index (χ2v) is 5.67. The number of benzene rings is 1. The molecule has 2 aromatic rings. The molecule has 0 unspecified atom stereocenters. The van der Waals surface area contributed by atoms with Gasteiger partial charge in [-0.05, 0) is 26.0 Å². The summed E-state index contributed by atoms with van der Waals surface area (Å²) >= 11 is 1.26. The van der Waals surface area contributed by atoms with E-state index in [1.54, 1.807) is 20.0 Å². The number of fused-ring (bicyclic) bond motifs is 1. The van der Waals surface area contributed by atoms with Crippen molar-refractivity contribution in [3.8, 4) is 0 Å². The lowest BCUT2D eigenvalue weighted by Gasteiger charge is -2.11. The molecule has 1 atom stereocenters. The van der Waals surface area contributed by atoms with Crippen molar-refractivity contribution < 1.29 is 9.59 Å². The molecule has 1 aromatic carbocycles. The summed E-state index contributed by atoms with van der Waals surface area (Å²) in [6.45, 7) is 3.97. The van der Waals surface area contributed by atoms with E-state index in [0.717, 1.165) is 11.0 Å². The molecule has 2 N–H and O–H groups in total. The van der Waals surface area contributed by atoms with Gasteiger partial charge in [0, 0.05) is 6.54 Å². The SMILES string of the molecule is CCNC(=O)NC(=O)[C@@H](C)Sc1cnc2ccccc2n1. The molecule has 110 valence electrons. The zero-order chi connectivity index (χ0) is 15.2. The van der Waals surface area contributed by atoms with Crippen LogP contribution in [0.2, 0.25) is 0 Å². The maximum absolute atomic E-state index is 11.9. The number of nitrogens with zero attached hydrogens (tertiary/aromatic N) is 2. The predicted molar refractivity (Wildman–Crippen MR) is 82.1 cm³/mol. The molecule has 0 aliphatic rings. The van der Waals surface area contributed by atoms with Crippen molar-refractivity contribution in [3.63, 3.8) is 0 Å². The van der Waals surface area contributed by atoms with Gasteiger partial charge in [0.15, 0.2) is 0 Å². The van der Waals surface area contributed by atoms with Crippen molar-refractivity contribution in [1.82, 2.24) is 20.6 Å². The molecule has 1 aromatic heterocycles. The third-order valence-corrected chi connectivity index (χ3v) is 3.67. The number of thioether (sulfide) groups is 1. The summed E-state index contributed by atoms with van der Waals surface area (Å²) in [4.78, 5) is 31.9. The van der Waals surface area contributed by atoms with E-state index in [1.165, 1.54) is 11.8 Å². The number of carbonyl (C=O) groups excluding carboxylic acids is 2. The molecule has 1 heterocycles. The van der Waals surface area contributed by atoms with Crippen LogP contribution in [0, 0.1) is 0 Å². The molecule has 6 nitrogen and oxygen atoms in total. The predicted octanol–water partition coefficient (Wildman–Crippen LogP) is 1.96. The van der Waals surface area contributed by atoms with Crippen LogP contribution in [0.25, 0.3) is 11.0 Å². The topological polar surface area (TPSA) is 84.0 Å². The molecule has 0 spiro atoms. The van der Waals surface area contributed by atoms with Gasteiger partial charge in [-0.2, -0.15) is 0 Å². The Labute approximate surface area is 126 Å². The molecule has 21 heavy (non-hydrogen) atoms. The van der Waals surface area contributed by atoms with E-state index in [9.17, 15) is 9.59 Å². The standard InChI is InChI=1S/C14H16N4O2S/c1-3-15-14(20)18-13(19)9(2)21-12-8-16-10-6-4-5-7-11(10)17-12/h4-9H,3H2,1-2H3,(H2,15,18,19,20)/t9-/m1/s1. The van der Waals surface area contributed by atoms with E-state index in [4.69, 9.17) is 0 Å². The van der Waals surface area contributed by atoms with Gasteiger partial charge in [0.25, 0.3) is 0 Å². The summed E-state index contributed by atoms with van der Waals surface area (Å²) in [6.07, 6.45) is 1.63. The van der Waals surface area contributed by atoms with Gasteiger partial charge >= 0.3 is 6.03 Å². The molecule has 2 rings (SSSR count). The summed E-state index contributed by atoms with van der Waals surface area (Å²) < 4.78 is 0. The van der Waals surface area contributed by atoms with Crippen molar-refractivity contribution in [1.29, 1.82) is 0 Å². The number of amides is 3. The van der Waals surface area contributed by atoms with Gasteiger partial charge in [-0.25, -0.2) is 9.78 Å². The fourth-order valence-electron chi connectivity index (χ4n) is 1.65. The number of imide groups is 1. The van der Waals surface area contributed by atoms with Gasteiger partial charge in [-0.1, -0.05) is 23.9 Å². The largest absolute Gasteiger partial charge is 0.338 e. The molecule has 3 amide bonds. The fourth-order valence-corrected chi connectivity index (χ4v) is 2.44. The molecule has 0 aliphatic carbocycles. The lowest BCUT2D eigenvalue weighted by molar-refractivity contribution is -0.119. The molecular formula is C14H16N4O2S. The van der Waals surface area contributed by atoms with Gasteiger partial charge < -0.3 is 5.32 Å². The summed E-state index contributed by atoms with van der Waals surface area (Å²) in [5.74, 6) is -0.360. The van der Waals surface area contributed by atoms with Gasteiger partial charge in [0.1, 0.15) is 5.03 Å². The van der Waals surface area contributed by atoms with Crippen molar-refractivity contribution in [2.24, 2.45) is 0 Å². The summed E-state index contributed by atoms with van der Waals surface area (Å²) in [5, 5.41) is 5.00. The fraction of sp³-hybridized carbons (Fsp3) is 0.286. The van der Waals surface area contributed by atoms with Crippen molar-refractivity contribution in [3.05, 3.63) is 30.5 Å². The first-order valence-electron chi connectivity index (χ1n) is 6.57. The summed E-state index contributed by atoms with van der Waals surface area (Å²) in [7, 11) is 0. The highest BCUT2D eigenvalue weighted by Crippen LogP contribution is 2.22. The number of hydrogen-bond acceptors (Lipinski definition) is 5. The first-order chi connectivity index (χ1) is 10.1. The second-order valence-electron chi connectivity index (χ2n) is 4.31. The first-order valence-corrected chi connectivity index (χ1v) is 7.45. The Morgan fingerprint density at radius 2 is 2.00 bits per heavy atom. The van der Waals surface area contributed by atoms with Gasteiger partial charge in [0.2, 0.25) is 5.91 Å². The maximum Gasteiger partial charge on any atom is 0.321 e. The molecular weight excluding hydrogens is 288 g/mol. The zero-order valence-corrected chi connectivity index (χ0v) is 12.6. The van der Waals surface area contributed by atoms with Crippen LogP contribution in [-0.4, -0.2) is 33.7 Å². The Bertz CT molecular complexity index is 662. The van der Waals surface area contributed by atoms with E-state index in [2.05, 4.69) is 20.6 Å². The number of aromatic nitrogens is 2. The Morgan fingerprint density at radius 1 is 1.29 bits per heavy atom. The third-order valence-electron chi connectivity index (χ3n) is 2.67. The number of para-hydroxylation sites is 2. The number of hydrogen-bond donors (Lipinski definition) is 2. The van der Waals surface area contributed by atoms with Crippen molar-refractivity contribution >= 4 is 34.7 Å². The van der Waals surface area contributed by atoms with E-state index in [1.807, 2.05) is 24.3 Å². The highest BCUT2D eigenvalue weighted by Gasteiger charge is 2.17. The molecule has 7 heteroatoms. The minimum Gasteiger partial charge on any atom is -0.338 e. The number of urea groups is 1. The average molecular weight is 304 g/mol. The Balaban J connectivity index is 2.01. The van der Waals surface area contributed by atoms with Crippen LogP contribution in [0.5, 0.6) is 0 Å². The minimum absolute atomic E-state index is 0.360. The van der Waals surface area contributed by atoms with Crippen LogP contribution in [0.15, 0.2) is 35.5 Å². The average Bonchev–Trinajstić information content (AvgIpc) is 2.47. The number of carbonyl (C=O) groups is 2. The van der Waals surface area contributed by atoms with E-state index in [-0.39, 0.29) is 5.91 Å². The van der Waals surface area contributed by atoms with Crippen molar-refractivity contribution in [2.75, 3.05) is 6.54 Å². The molecule has 0 saturated heterocycles. The Hall–Kier alpha value is -2.15. The second kappa shape index (κ2) is 7.03. The first kappa shape index (κ1) is 15.2. The van der Waals surface area contributed by atoms with Gasteiger partial charge in [0.05, 0.1) is 22.5 Å². The zero-order valence-electron chi connectivity index (χ0n) is 11.8. The Morgan fingerprint density at radius 3 is 2.71 bits per heavy atom. The normalized spacial score (nSPS) is 11.9. The maximum atomic E-state index is 11.9. The van der Waals surface area contributed by atoms with E-state index in [0.29, 0.717) is 11.6 Å². The monoisotopic (exact) mass is 304 g/mol. The quantitative estimate of drug-likeness (QED) is 0.844. The number of rotatable bonds is 4. The van der Waals surface area contributed by atoms with Crippen LogP contribution in [0.3, 0.4) is 0 Å². The summed E-state index contributed by atoms with van der Waals surface area (Å²) in [6, 6.07) is 7.04. The van der Waals surface area contributed by atoms with Crippen LogP contribution >= 0.6 is 11.8 Å². The highest BCUT2D eigenvalue weighted by atomic mass is 32.2. The van der Waals surface area contributed by atoms with Crippen LogP contribution in [0.1, 0.15) is 13.8 Å². The smallest absolute Gasteiger partial charge is 0.321 e. The highest BCUT2D eigenvalue weighted by molar-refractivity contribution is 8.00. The minimum atomic E-state index is -0.487. The van der Waals surface area contributed by atoms with Crippen LogP contribution in [0.4, 0.5) is 4.79 Å². The molecule has 0 saturated carbocycles. The van der Waals surface area contributed by atoms with Crippen LogP contribution in [-0.2, 0) is 4.79 Å². The Kier molecular flexibility index (Phi) is 5.10. The molecule has 0 bridgehead atoms. The molecule has 0 aliphatic heterocycles. The lowest BCUT2D eigenvalue weighted by Crippen LogP contribution is -2.42. The van der Waals surface area contributed by atoms with E-state index >= 15 is 0 Å². The molecule has 0 fully saturated rings. The number of nitrogens with one attached hydrogen (secondary N) is 2. The van der Waals surface area contributed by atoms with Gasteiger partial charge in [-0.15, -0.1) is 0 Å². The molecule has 0 radical (unpaired) electrons. The van der Waals surface area contributed by atoms with E-state index < -0.39 is 11.3 Å². The van der Waals surface area contributed by atoms with Crippen LogP contribution < -0.4 is 10.6 Å². The van der Waals surface area contributed by atoms with Gasteiger partial charge in [-0.3, -0.25) is 15.1 Å². The van der Waals surface area contributed by atoms with Crippen molar-refractivity contribution in [2.45, 2.75) is 24.1 Å². The lowest BCUT2D eigenvalue weighted by atomic mass is 10.3. The summed E-state index contributed by atoms with van der Waals surface area (Å²) in [5.41, 5.74) is 1.58. The third kappa shape index (κ3) is 4.16.